The van der Waals surface area contributed by atoms with Crippen LogP contribution in [0.3, 0.4) is 0 Å². The highest BCUT2D eigenvalue weighted by molar-refractivity contribution is 7.80. The van der Waals surface area contributed by atoms with Gasteiger partial charge in [-0.05, 0) is 59.4 Å². The fraction of sp³-hybridized carbons (Fsp3) is 0.125. The van der Waals surface area contributed by atoms with Crippen molar-refractivity contribution < 1.29 is 0 Å². The predicted molar refractivity (Wildman–Crippen MR) is 86.8 cm³/mol. The Kier molecular flexibility index (Phi) is 3.24. The lowest BCUT2D eigenvalue weighted by atomic mass is 10.0. The van der Waals surface area contributed by atoms with E-state index < -0.39 is 0 Å². The lowest BCUT2D eigenvalue weighted by Crippen LogP contribution is -2.25. The molecular formula is C16H15N3S. The molecule has 2 aromatic rings. The van der Waals surface area contributed by atoms with Crippen LogP contribution in [-0.4, -0.2) is 10.8 Å². The minimum atomic E-state index is 0.179. The highest BCUT2D eigenvalue weighted by Gasteiger charge is 2.18. The van der Waals surface area contributed by atoms with Gasteiger partial charge in [-0.25, -0.2) is 0 Å². The van der Waals surface area contributed by atoms with Gasteiger partial charge < -0.3 is 5.73 Å². The SMILES string of the molecule is C/C(=N/NC(N)=S)c1ccc2c(c1)Cc1ccccc1-2. The Bertz CT molecular complexity index is 719. The van der Waals surface area contributed by atoms with Gasteiger partial charge in [0.25, 0.3) is 0 Å². The van der Waals surface area contributed by atoms with Gasteiger partial charge in [-0.1, -0.05) is 36.4 Å². The second kappa shape index (κ2) is 5.06. The van der Waals surface area contributed by atoms with Gasteiger partial charge in [-0.2, -0.15) is 5.10 Å². The molecule has 100 valence electrons. The fourth-order valence-electron chi connectivity index (χ4n) is 2.57. The molecule has 3 rings (SSSR count). The number of nitrogens with two attached hydrogens (primary N) is 1. The summed E-state index contributed by atoms with van der Waals surface area (Å²) >= 11 is 4.75. The summed E-state index contributed by atoms with van der Waals surface area (Å²) in [5, 5.41) is 4.35. The lowest BCUT2D eigenvalue weighted by Gasteiger charge is -2.05. The van der Waals surface area contributed by atoms with Gasteiger partial charge in [0, 0.05) is 0 Å². The maximum Gasteiger partial charge on any atom is 0.184 e. The van der Waals surface area contributed by atoms with Gasteiger partial charge in [0.05, 0.1) is 5.71 Å². The molecule has 0 unspecified atom stereocenters. The molecular weight excluding hydrogens is 266 g/mol. The summed E-state index contributed by atoms with van der Waals surface area (Å²) in [5.74, 6) is 0. The minimum absolute atomic E-state index is 0.179. The first-order valence-corrected chi connectivity index (χ1v) is 6.87. The first-order chi connectivity index (χ1) is 9.65. The van der Waals surface area contributed by atoms with Crippen LogP contribution in [0.5, 0.6) is 0 Å². The van der Waals surface area contributed by atoms with Gasteiger partial charge in [-0.3, -0.25) is 5.43 Å². The Morgan fingerprint density at radius 1 is 1.15 bits per heavy atom. The van der Waals surface area contributed by atoms with E-state index >= 15 is 0 Å². The number of hydrogen-bond donors (Lipinski definition) is 2. The van der Waals surface area contributed by atoms with E-state index in [2.05, 4.69) is 53.0 Å². The molecule has 0 radical (unpaired) electrons. The monoisotopic (exact) mass is 281 g/mol. The minimum Gasteiger partial charge on any atom is -0.375 e. The standard InChI is InChI=1S/C16H15N3S/c1-10(18-19-16(17)20)11-6-7-15-13(8-11)9-12-4-2-3-5-14(12)15/h2-8H,9H2,1H3,(H3,17,19,20)/b18-10-. The van der Waals surface area contributed by atoms with E-state index in [1.165, 1.54) is 22.3 Å². The second-order valence-electron chi connectivity index (χ2n) is 4.88. The van der Waals surface area contributed by atoms with E-state index in [1.54, 1.807) is 0 Å². The summed E-state index contributed by atoms with van der Waals surface area (Å²) < 4.78 is 0. The van der Waals surface area contributed by atoms with Crippen LogP contribution in [0.4, 0.5) is 0 Å². The van der Waals surface area contributed by atoms with E-state index in [1.807, 2.05) is 6.92 Å². The highest BCUT2D eigenvalue weighted by Crippen LogP contribution is 2.36. The Hall–Kier alpha value is -2.20. The molecule has 0 fully saturated rings. The molecule has 1 aliphatic carbocycles. The van der Waals surface area contributed by atoms with E-state index in [0.29, 0.717) is 0 Å². The molecule has 0 aliphatic heterocycles. The number of thiocarbonyl (C=S) groups is 1. The van der Waals surface area contributed by atoms with Gasteiger partial charge >= 0.3 is 0 Å². The van der Waals surface area contributed by atoms with Crippen molar-refractivity contribution >= 4 is 23.0 Å². The second-order valence-corrected chi connectivity index (χ2v) is 5.32. The summed E-state index contributed by atoms with van der Waals surface area (Å²) in [7, 11) is 0. The van der Waals surface area contributed by atoms with Crippen molar-refractivity contribution in [2.24, 2.45) is 10.8 Å². The Labute approximate surface area is 123 Å². The number of fused-ring (bicyclic) bond motifs is 3. The molecule has 0 spiro atoms. The third-order valence-electron chi connectivity index (χ3n) is 3.55. The molecule has 0 heterocycles. The van der Waals surface area contributed by atoms with E-state index in [9.17, 15) is 0 Å². The molecule has 3 nitrogen and oxygen atoms in total. The van der Waals surface area contributed by atoms with Crippen molar-refractivity contribution in [1.29, 1.82) is 0 Å². The van der Waals surface area contributed by atoms with Crippen molar-refractivity contribution in [3.63, 3.8) is 0 Å². The highest BCUT2D eigenvalue weighted by atomic mass is 32.1. The molecule has 3 N–H and O–H groups in total. The van der Waals surface area contributed by atoms with E-state index in [4.69, 9.17) is 18.0 Å². The zero-order chi connectivity index (χ0) is 14.1. The zero-order valence-corrected chi connectivity index (χ0v) is 12.0. The number of benzene rings is 2. The van der Waals surface area contributed by atoms with Crippen LogP contribution in [-0.2, 0) is 6.42 Å². The average molecular weight is 281 g/mol. The summed E-state index contributed by atoms with van der Waals surface area (Å²) in [6.45, 7) is 1.94. The molecule has 0 saturated heterocycles. The van der Waals surface area contributed by atoms with Crippen LogP contribution in [0.2, 0.25) is 0 Å². The van der Waals surface area contributed by atoms with Crippen molar-refractivity contribution in [2.75, 3.05) is 0 Å². The van der Waals surface area contributed by atoms with Crippen LogP contribution < -0.4 is 11.2 Å². The third kappa shape index (κ3) is 2.30. The van der Waals surface area contributed by atoms with Crippen molar-refractivity contribution in [2.45, 2.75) is 13.3 Å². The number of hydrazone groups is 1. The van der Waals surface area contributed by atoms with Crippen molar-refractivity contribution in [3.05, 3.63) is 59.2 Å². The van der Waals surface area contributed by atoms with Crippen molar-refractivity contribution in [3.8, 4) is 11.1 Å². The average Bonchev–Trinajstić information content (AvgIpc) is 2.82. The Morgan fingerprint density at radius 2 is 1.90 bits per heavy atom. The predicted octanol–water partition coefficient (Wildman–Crippen LogP) is 2.82. The topological polar surface area (TPSA) is 50.4 Å². The van der Waals surface area contributed by atoms with Crippen LogP contribution in [0, 0.1) is 0 Å². The number of hydrogen-bond acceptors (Lipinski definition) is 2. The van der Waals surface area contributed by atoms with E-state index in [-0.39, 0.29) is 5.11 Å². The van der Waals surface area contributed by atoms with Crippen molar-refractivity contribution in [1.82, 2.24) is 5.43 Å². The quantitative estimate of drug-likeness (QED) is 0.431. The van der Waals surface area contributed by atoms with Gasteiger partial charge in [-0.15, -0.1) is 0 Å². The molecule has 2 aromatic carbocycles. The molecule has 0 atom stereocenters. The molecule has 20 heavy (non-hydrogen) atoms. The first-order valence-electron chi connectivity index (χ1n) is 6.46. The number of nitrogens with one attached hydrogen (secondary N) is 1. The molecule has 1 aliphatic rings. The summed E-state index contributed by atoms with van der Waals surface area (Å²) in [6.07, 6.45) is 0.982. The van der Waals surface area contributed by atoms with Crippen LogP contribution in [0.25, 0.3) is 11.1 Å². The largest absolute Gasteiger partial charge is 0.375 e. The molecule has 0 saturated carbocycles. The summed E-state index contributed by atoms with van der Waals surface area (Å²) in [6, 6.07) is 15.0. The van der Waals surface area contributed by atoms with Crippen LogP contribution >= 0.6 is 12.2 Å². The fourth-order valence-corrected chi connectivity index (χ4v) is 2.62. The first kappa shape index (κ1) is 12.8. The summed E-state index contributed by atoms with van der Waals surface area (Å²) in [5.41, 5.74) is 15.3. The maximum absolute atomic E-state index is 5.38. The third-order valence-corrected chi connectivity index (χ3v) is 3.64. The Morgan fingerprint density at radius 3 is 2.70 bits per heavy atom. The number of nitrogens with zero attached hydrogens (tertiary/aromatic N) is 1. The molecule has 0 aromatic heterocycles. The number of rotatable bonds is 2. The van der Waals surface area contributed by atoms with E-state index in [0.717, 1.165) is 17.7 Å². The van der Waals surface area contributed by atoms with Gasteiger partial charge in [0.2, 0.25) is 0 Å². The lowest BCUT2D eigenvalue weighted by molar-refractivity contribution is 1.03. The van der Waals surface area contributed by atoms with Gasteiger partial charge in [0.1, 0.15) is 0 Å². The molecule has 4 heteroatoms. The van der Waals surface area contributed by atoms with Gasteiger partial charge in [0.15, 0.2) is 5.11 Å². The van der Waals surface area contributed by atoms with Crippen LogP contribution in [0.1, 0.15) is 23.6 Å². The normalized spacial score (nSPS) is 12.8. The molecule has 0 bridgehead atoms. The zero-order valence-electron chi connectivity index (χ0n) is 11.2. The maximum atomic E-state index is 5.38. The smallest absolute Gasteiger partial charge is 0.184 e. The Balaban J connectivity index is 1.95. The van der Waals surface area contributed by atoms with Crippen LogP contribution in [0.15, 0.2) is 47.6 Å². The summed E-state index contributed by atoms with van der Waals surface area (Å²) in [4.78, 5) is 0. The molecule has 0 amide bonds.